The Morgan fingerprint density at radius 1 is 1.13 bits per heavy atom. The van der Waals surface area contributed by atoms with Crippen LogP contribution in [0.1, 0.15) is 48.9 Å². The van der Waals surface area contributed by atoms with E-state index in [-0.39, 0.29) is 30.0 Å². The molecule has 0 bridgehead atoms. The summed E-state index contributed by atoms with van der Waals surface area (Å²) in [7, 11) is 0. The Morgan fingerprint density at radius 2 is 1.87 bits per heavy atom. The van der Waals surface area contributed by atoms with Crippen molar-refractivity contribution in [2.24, 2.45) is 0 Å². The van der Waals surface area contributed by atoms with Crippen LogP contribution in [0.15, 0.2) is 30.3 Å². The molecule has 1 spiro atoms. The summed E-state index contributed by atoms with van der Waals surface area (Å²) in [5, 5.41) is 5.63. The molecule has 1 aliphatic heterocycles. The number of carbonyl (C=O) groups excluding carboxylic acids is 2. The van der Waals surface area contributed by atoms with Crippen LogP contribution in [0.25, 0.3) is 0 Å². The fraction of sp³-hybridized carbons (Fsp3) is 0.556. The molecule has 1 saturated heterocycles. The standard InChI is InChI=1S/C18H24N2O3/c21-16(12-19-17(22)14-7-3-1-4-8-14)20-15-11-18(23-13-15)9-5-2-6-10-18/h1,3-4,7-8,15H,2,5-6,9-13H2,(H,19,22)(H,20,21)/t15-/m0/s1. The fourth-order valence-electron chi connectivity index (χ4n) is 3.61. The third kappa shape index (κ3) is 4.10. The Morgan fingerprint density at radius 3 is 2.61 bits per heavy atom. The third-order valence-electron chi connectivity index (χ3n) is 4.78. The van der Waals surface area contributed by atoms with Crippen LogP contribution in [-0.4, -0.2) is 36.6 Å². The van der Waals surface area contributed by atoms with Crippen molar-refractivity contribution in [1.82, 2.24) is 10.6 Å². The number of amides is 2. The molecule has 1 heterocycles. The summed E-state index contributed by atoms with van der Waals surface area (Å²) in [5.74, 6) is -0.386. The van der Waals surface area contributed by atoms with Gasteiger partial charge in [-0.25, -0.2) is 0 Å². The fourth-order valence-corrected chi connectivity index (χ4v) is 3.61. The molecule has 2 aliphatic rings. The molecule has 124 valence electrons. The van der Waals surface area contributed by atoms with E-state index in [2.05, 4.69) is 10.6 Å². The van der Waals surface area contributed by atoms with Gasteiger partial charge in [-0.2, -0.15) is 0 Å². The average Bonchev–Trinajstić information content (AvgIpc) is 2.96. The summed E-state index contributed by atoms with van der Waals surface area (Å²) in [6, 6.07) is 8.97. The highest BCUT2D eigenvalue weighted by Gasteiger charge is 2.41. The molecular formula is C18H24N2O3. The predicted octanol–water partition coefficient (Wildman–Crippen LogP) is 2.02. The zero-order chi connectivity index (χ0) is 16.1. The quantitative estimate of drug-likeness (QED) is 0.893. The highest BCUT2D eigenvalue weighted by atomic mass is 16.5. The lowest BCUT2D eigenvalue weighted by Gasteiger charge is -2.32. The first-order valence-electron chi connectivity index (χ1n) is 8.43. The first-order valence-corrected chi connectivity index (χ1v) is 8.43. The molecule has 0 aromatic heterocycles. The third-order valence-corrected chi connectivity index (χ3v) is 4.78. The molecule has 1 aliphatic carbocycles. The highest BCUT2D eigenvalue weighted by Crippen LogP contribution is 2.39. The summed E-state index contributed by atoms with van der Waals surface area (Å²) in [6.45, 7) is 0.579. The number of ether oxygens (including phenoxy) is 1. The minimum atomic E-state index is -0.229. The van der Waals surface area contributed by atoms with E-state index in [0.717, 1.165) is 19.3 Å². The number of hydrogen-bond acceptors (Lipinski definition) is 3. The predicted molar refractivity (Wildman–Crippen MR) is 87.1 cm³/mol. The van der Waals surface area contributed by atoms with Crippen molar-refractivity contribution in [1.29, 1.82) is 0 Å². The smallest absolute Gasteiger partial charge is 0.251 e. The molecule has 2 fully saturated rings. The molecule has 5 nitrogen and oxygen atoms in total. The number of benzene rings is 1. The molecule has 0 unspecified atom stereocenters. The molecule has 0 radical (unpaired) electrons. The Hall–Kier alpha value is -1.88. The van der Waals surface area contributed by atoms with Crippen molar-refractivity contribution in [2.45, 2.75) is 50.2 Å². The van der Waals surface area contributed by atoms with E-state index >= 15 is 0 Å². The maximum atomic E-state index is 12.0. The number of carbonyl (C=O) groups is 2. The Balaban J connectivity index is 1.42. The zero-order valence-corrected chi connectivity index (χ0v) is 13.3. The minimum absolute atomic E-state index is 0.00275. The monoisotopic (exact) mass is 316 g/mol. The van der Waals surface area contributed by atoms with Crippen molar-refractivity contribution in [2.75, 3.05) is 13.2 Å². The molecular weight excluding hydrogens is 292 g/mol. The molecule has 1 aromatic carbocycles. The molecule has 5 heteroatoms. The second-order valence-corrected chi connectivity index (χ2v) is 6.57. The van der Waals surface area contributed by atoms with E-state index in [9.17, 15) is 9.59 Å². The summed E-state index contributed by atoms with van der Waals surface area (Å²) in [5.41, 5.74) is 0.550. The van der Waals surface area contributed by atoms with Gasteiger partial charge in [-0.1, -0.05) is 37.5 Å². The SMILES string of the molecule is O=C(CNC(=O)c1ccccc1)N[C@@H]1COC2(CCCCC2)C1. The van der Waals surface area contributed by atoms with Gasteiger partial charge in [0.2, 0.25) is 5.91 Å². The molecule has 2 amide bonds. The number of nitrogens with one attached hydrogen (secondary N) is 2. The lowest BCUT2D eigenvalue weighted by molar-refractivity contribution is -0.120. The van der Waals surface area contributed by atoms with Crippen LogP contribution in [-0.2, 0) is 9.53 Å². The maximum Gasteiger partial charge on any atom is 0.251 e. The number of rotatable bonds is 4. The van der Waals surface area contributed by atoms with E-state index < -0.39 is 0 Å². The van der Waals surface area contributed by atoms with E-state index in [1.54, 1.807) is 24.3 Å². The van der Waals surface area contributed by atoms with Gasteiger partial charge in [0.15, 0.2) is 0 Å². The van der Waals surface area contributed by atoms with Gasteiger partial charge in [0.1, 0.15) is 0 Å². The van der Waals surface area contributed by atoms with Crippen LogP contribution in [0, 0.1) is 0 Å². The van der Waals surface area contributed by atoms with Crippen LogP contribution in [0.3, 0.4) is 0 Å². The largest absolute Gasteiger partial charge is 0.373 e. The Bertz CT molecular complexity index is 553. The zero-order valence-electron chi connectivity index (χ0n) is 13.3. The van der Waals surface area contributed by atoms with Crippen molar-refractivity contribution in [3.8, 4) is 0 Å². The first kappa shape index (κ1) is 16.0. The molecule has 1 saturated carbocycles. The molecule has 23 heavy (non-hydrogen) atoms. The van der Waals surface area contributed by atoms with E-state index in [1.165, 1.54) is 19.3 Å². The van der Waals surface area contributed by atoms with Gasteiger partial charge in [-0.05, 0) is 31.4 Å². The Kier molecular flexibility index (Phi) is 4.96. The summed E-state index contributed by atoms with van der Waals surface area (Å²) < 4.78 is 5.99. The van der Waals surface area contributed by atoms with Gasteiger partial charge in [-0.3, -0.25) is 9.59 Å². The minimum Gasteiger partial charge on any atom is -0.373 e. The van der Waals surface area contributed by atoms with Crippen molar-refractivity contribution < 1.29 is 14.3 Å². The first-order chi connectivity index (χ1) is 11.2. The second kappa shape index (κ2) is 7.13. The second-order valence-electron chi connectivity index (χ2n) is 6.57. The van der Waals surface area contributed by atoms with Gasteiger partial charge >= 0.3 is 0 Å². The lowest BCUT2D eigenvalue weighted by Crippen LogP contribution is -2.43. The van der Waals surface area contributed by atoms with Gasteiger partial charge in [0.05, 0.1) is 24.8 Å². The van der Waals surface area contributed by atoms with E-state index in [0.29, 0.717) is 12.2 Å². The van der Waals surface area contributed by atoms with Crippen LogP contribution in [0.4, 0.5) is 0 Å². The molecule has 3 rings (SSSR count). The van der Waals surface area contributed by atoms with E-state index in [1.807, 2.05) is 6.07 Å². The van der Waals surface area contributed by atoms with Crippen molar-refractivity contribution >= 4 is 11.8 Å². The molecule has 2 N–H and O–H groups in total. The summed E-state index contributed by atoms with van der Waals surface area (Å²) >= 11 is 0. The van der Waals surface area contributed by atoms with Crippen LogP contribution >= 0.6 is 0 Å². The van der Waals surface area contributed by atoms with Crippen molar-refractivity contribution in [3.05, 3.63) is 35.9 Å². The maximum absolute atomic E-state index is 12.0. The topological polar surface area (TPSA) is 67.4 Å². The van der Waals surface area contributed by atoms with Crippen LogP contribution in [0.2, 0.25) is 0 Å². The molecule has 1 atom stereocenters. The summed E-state index contributed by atoms with van der Waals surface area (Å²) in [4.78, 5) is 23.9. The van der Waals surface area contributed by atoms with Gasteiger partial charge < -0.3 is 15.4 Å². The van der Waals surface area contributed by atoms with Gasteiger partial charge in [0, 0.05) is 5.56 Å². The normalized spacial score (nSPS) is 22.7. The lowest BCUT2D eigenvalue weighted by atomic mass is 9.82. The van der Waals surface area contributed by atoms with Crippen LogP contribution in [0.5, 0.6) is 0 Å². The average molecular weight is 316 g/mol. The van der Waals surface area contributed by atoms with Gasteiger partial charge in [0.25, 0.3) is 5.91 Å². The Labute approximate surface area is 136 Å². The van der Waals surface area contributed by atoms with Crippen LogP contribution < -0.4 is 10.6 Å². The number of hydrogen-bond donors (Lipinski definition) is 2. The van der Waals surface area contributed by atoms with E-state index in [4.69, 9.17) is 4.74 Å². The van der Waals surface area contributed by atoms with Gasteiger partial charge in [-0.15, -0.1) is 0 Å². The molecule has 1 aromatic rings. The highest BCUT2D eigenvalue weighted by molar-refractivity contribution is 5.96. The van der Waals surface area contributed by atoms with Crippen molar-refractivity contribution in [3.63, 3.8) is 0 Å². The summed E-state index contributed by atoms with van der Waals surface area (Å²) in [6.07, 6.45) is 6.81.